The van der Waals surface area contributed by atoms with Gasteiger partial charge in [0.15, 0.2) is 0 Å². The summed E-state index contributed by atoms with van der Waals surface area (Å²) >= 11 is 0. The van der Waals surface area contributed by atoms with Crippen molar-refractivity contribution in [1.82, 2.24) is 0 Å². The van der Waals surface area contributed by atoms with Crippen LogP contribution in [0.15, 0.2) is 12.1 Å². The average molecular weight is 211 g/mol. The van der Waals surface area contributed by atoms with E-state index in [0.717, 1.165) is 5.56 Å². The third kappa shape index (κ3) is 3.00. The van der Waals surface area contributed by atoms with Crippen molar-refractivity contribution in [3.05, 3.63) is 17.7 Å². The Morgan fingerprint density at radius 3 is 2.53 bits per heavy atom. The molecule has 15 heavy (non-hydrogen) atoms. The maximum Gasteiger partial charge on any atom is 0.146 e. The third-order valence-electron chi connectivity index (χ3n) is 1.97. The Kier molecular flexibility index (Phi) is 4.20. The highest BCUT2D eigenvalue weighted by molar-refractivity contribution is 5.64. The highest BCUT2D eigenvalue weighted by atomic mass is 16.5. The molecule has 0 spiro atoms. The summed E-state index contributed by atoms with van der Waals surface area (Å²) < 4.78 is 10.3. The zero-order valence-corrected chi connectivity index (χ0v) is 8.82. The molecule has 0 heterocycles. The first-order valence-electron chi connectivity index (χ1n) is 4.68. The van der Waals surface area contributed by atoms with Crippen molar-refractivity contribution >= 4 is 11.4 Å². The third-order valence-corrected chi connectivity index (χ3v) is 1.97. The second-order valence-electron chi connectivity index (χ2n) is 3.14. The fraction of sp³-hybridized carbons (Fsp3) is 0.400. The van der Waals surface area contributed by atoms with Gasteiger partial charge in [0.05, 0.1) is 12.3 Å². The Morgan fingerprint density at radius 2 is 1.93 bits per heavy atom. The highest BCUT2D eigenvalue weighted by Gasteiger charge is 2.08. The Bertz CT molecular complexity index is 329. The van der Waals surface area contributed by atoms with Crippen molar-refractivity contribution in [3.8, 4) is 5.75 Å². The SMILES string of the molecule is COCCOc1c(N)cc(N)cc1CN. The molecule has 84 valence electrons. The summed E-state index contributed by atoms with van der Waals surface area (Å²) in [7, 11) is 1.61. The van der Waals surface area contributed by atoms with E-state index in [-0.39, 0.29) is 0 Å². The van der Waals surface area contributed by atoms with E-state index in [1.807, 2.05) is 0 Å². The van der Waals surface area contributed by atoms with E-state index < -0.39 is 0 Å². The van der Waals surface area contributed by atoms with E-state index in [4.69, 9.17) is 26.7 Å². The number of rotatable bonds is 5. The molecule has 0 atom stereocenters. The lowest BCUT2D eigenvalue weighted by atomic mass is 10.1. The fourth-order valence-electron chi connectivity index (χ4n) is 1.29. The van der Waals surface area contributed by atoms with Gasteiger partial charge in [0, 0.05) is 24.9 Å². The van der Waals surface area contributed by atoms with Gasteiger partial charge in [-0.3, -0.25) is 0 Å². The molecule has 1 rings (SSSR count). The Morgan fingerprint density at radius 1 is 1.20 bits per heavy atom. The van der Waals surface area contributed by atoms with Gasteiger partial charge in [0.2, 0.25) is 0 Å². The molecule has 0 aromatic heterocycles. The van der Waals surface area contributed by atoms with Gasteiger partial charge in [-0.15, -0.1) is 0 Å². The lowest BCUT2D eigenvalue weighted by Crippen LogP contribution is -2.10. The van der Waals surface area contributed by atoms with Crippen LogP contribution in [0, 0.1) is 0 Å². The zero-order chi connectivity index (χ0) is 11.3. The van der Waals surface area contributed by atoms with Gasteiger partial charge in [0.1, 0.15) is 12.4 Å². The minimum absolute atomic E-state index is 0.345. The van der Waals surface area contributed by atoms with E-state index in [0.29, 0.717) is 36.9 Å². The van der Waals surface area contributed by atoms with Gasteiger partial charge in [-0.1, -0.05) is 0 Å². The normalized spacial score (nSPS) is 10.3. The maximum atomic E-state index is 5.78. The zero-order valence-electron chi connectivity index (χ0n) is 8.82. The Balaban J connectivity index is 2.84. The molecule has 6 N–H and O–H groups in total. The van der Waals surface area contributed by atoms with Crippen molar-refractivity contribution < 1.29 is 9.47 Å². The molecule has 0 saturated carbocycles. The van der Waals surface area contributed by atoms with E-state index in [1.54, 1.807) is 19.2 Å². The van der Waals surface area contributed by atoms with Gasteiger partial charge in [-0.05, 0) is 12.1 Å². The summed E-state index contributed by atoms with van der Waals surface area (Å²) in [5.74, 6) is 0.601. The average Bonchev–Trinajstić information content (AvgIpc) is 2.20. The first kappa shape index (κ1) is 11.6. The van der Waals surface area contributed by atoms with Crippen LogP contribution in [0.2, 0.25) is 0 Å². The van der Waals surface area contributed by atoms with E-state index in [1.165, 1.54) is 0 Å². The van der Waals surface area contributed by atoms with Crippen molar-refractivity contribution in [2.45, 2.75) is 6.54 Å². The summed E-state index contributed by atoms with van der Waals surface area (Å²) in [4.78, 5) is 0. The lowest BCUT2D eigenvalue weighted by Gasteiger charge is -2.13. The second kappa shape index (κ2) is 5.43. The molecule has 0 unspecified atom stereocenters. The van der Waals surface area contributed by atoms with Crippen LogP contribution < -0.4 is 21.9 Å². The van der Waals surface area contributed by atoms with Crippen molar-refractivity contribution in [3.63, 3.8) is 0 Å². The van der Waals surface area contributed by atoms with Crippen LogP contribution in [-0.4, -0.2) is 20.3 Å². The monoisotopic (exact) mass is 211 g/mol. The molecule has 5 heteroatoms. The predicted octanol–water partition coefficient (Wildman–Crippen LogP) is 0.335. The van der Waals surface area contributed by atoms with E-state index >= 15 is 0 Å². The molecular formula is C10H17N3O2. The number of ether oxygens (including phenoxy) is 2. The molecule has 5 nitrogen and oxygen atoms in total. The van der Waals surface area contributed by atoms with Crippen LogP contribution >= 0.6 is 0 Å². The molecule has 0 fully saturated rings. The minimum Gasteiger partial charge on any atom is -0.489 e. The molecule has 1 aromatic carbocycles. The topological polar surface area (TPSA) is 96.5 Å². The molecule has 1 aromatic rings. The van der Waals surface area contributed by atoms with Crippen molar-refractivity contribution in [2.75, 3.05) is 31.8 Å². The molecule has 0 saturated heterocycles. The van der Waals surface area contributed by atoms with Gasteiger partial charge >= 0.3 is 0 Å². The standard InChI is InChI=1S/C10H17N3O2/c1-14-2-3-15-10-7(6-11)4-8(12)5-9(10)13/h4-5H,2-3,6,11-13H2,1H3. The first-order chi connectivity index (χ1) is 7.19. The van der Waals surface area contributed by atoms with E-state index in [9.17, 15) is 0 Å². The molecule has 0 radical (unpaired) electrons. The van der Waals surface area contributed by atoms with Crippen LogP contribution in [0.5, 0.6) is 5.75 Å². The molecule has 0 aliphatic carbocycles. The summed E-state index contributed by atoms with van der Waals surface area (Å²) in [6.45, 7) is 1.29. The molecule has 0 amide bonds. The largest absolute Gasteiger partial charge is 0.489 e. The van der Waals surface area contributed by atoms with Gasteiger partial charge in [-0.25, -0.2) is 0 Å². The predicted molar refractivity (Wildman–Crippen MR) is 60.5 cm³/mol. The lowest BCUT2D eigenvalue weighted by molar-refractivity contribution is 0.146. The maximum absolute atomic E-state index is 5.78. The van der Waals surface area contributed by atoms with E-state index in [2.05, 4.69) is 0 Å². The van der Waals surface area contributed by atoms with Crippen molar-refractivity contribution in [1.29, 1.82) is 0 Å². The number of methoxy groups -OCH3 is 1. The smallest absolute Gasteiger partial charge is 0.146 e. The quantitative estimate of drug-likeness (QED) is 0.482. The molecule has 0 aliphatic heterocycles. The number of nitrogen functional groups attached to an aromatic ring is 2. The molecular weight excluding hydrogens is 194 g/mol. The fourth-order valence-corrected chi connectivity index (χ4v) is 1.29. The summed E-state index contributed by atoms with van der Waals surface area (Å²) in [6, 6.07) is 3.42. The van der Waals surface area contributed by atoms with Crippen LogP contribution in [0.3, 0.4) is 0 Å². The van der Waals surface area contributed by atoms with Crippen molar-refractivity contribution in [2.24, 2.45) is 5.73 Å². The van der Waals surface area contributed by atoms with Crippen LogP contribution in [-0.2, 0) is 11.3 Å². The Hall–Kier alpha value is -1.46. The van der Waals surface area contributed by atoms with Crippen LogP contribution in [0.4, 0.5) is 11.4 Å². The Labute approximate surface area is 89.1 Å². The highest BCUT2D eigenvalue weighted by Crippen LogP contribution is 2.29. The van der Waals surface area contributed by atoms with Gasteiger partial charge in [0.25, 0.3) is 0 Å². The summed E-state index contributed by atoms with van der Waals surface area (Å²) in [5, 5.41) is 0. The summed E-state index contributed by atoms with van der Waals surface area (Å²) in [5.41, 5.74) is 18.9. The van der Waals surface area contributed by atoms with Crippen LogP contribution in [0.25, 0.3) is 0 Å². The number of benzene rings is 1. The number of hydrogen-bond donors (Lipinski definition) is 3. The van der Waals surface area contributed by atoms with Crippen LogP contribution in [0.1, 0.15) is 5.56 Å². The second-order valence-corrected chi connectivity index (χ2v) is 3.14. The number of nitrogens with two attached hydrogens (primary N) is 3. The molecule has 0 bridgehead atoms. The first-order valence-corrected chi connectivity index (χ1v) is 4.68. The number of hydrogen-bond acceptors (Lipinski definition) is 5. The molecule has 0 aliphatic rings. The minimum atomic E-state index is 0.345. The van der Waals surface area contributed by atoms with Gasteiger partial charge in [-0.2, -0.15) is 0 Å². The number of anilines is 2. The van der Waals surface area contributed by atoms with Gasteiger partial charge < -0.3 is 26.7 Å². The summed E-state index contributed by atoms with van der Waals surface area (Å²) in [6.07, 6.45) is 0.